The van der Waals surface area contributed by atoms with Gasteiger partial charge in [-0.05, 0) is 32.1 Å². The van der Waals surface area contributed by atoms with Crippen LogP contribution in [0.2, 0.25) is 0 Å². The highest BCUT2D eigenvalue weighted by atomic mass is 16.5. The van der Waals surface area contributed by atoms with E-state index in [4.69, 9.17) is 9.84 Å². The van der Waals surface area contributed by atoms with Crippen LogP contribution in [0.1, 0.15) is 40.0 Å². The van der Waals surface area contributed by atoms with Crippen LogP contribution in [0.25, 0.3) is 0 Å². The molecule has 1 unspecified atom stereocenters. The lowest BCUT2D eigenvalue weighted by atomic mass is 10.0. The molecule has 1 heterocycles. The first-order valence-electron chi connectivity index (χ1n) is 7.33. The second-order valence-electron chi connectivity index (χ2n) is 5.57. The number of likely N-dealkylation sites (tertiary alicyclic amines) is 1. The smallest absolute Gasteiger partial charge is 0.328 e. The third-order valence-electron chi connectivity index (χ3n) is 3.38. The lowest BCUT2D eigenvalue weighted by molar-refractivity contribution is -0.147. The van der Waals surface area contributed by atoms with Gasteiger partial charge in [-0.3, -0.25) is 0 Å². The molecule has 0 radical (unpaired) electrons. The Kier molecular flexibility index (Phi) is 6.45. The van der Waals surface area contributed by atoms with E-state index < -0.39 is 30.1 Å². The van der Waals surface area contributed by atoms with Crippen molar-refractivity contribution in [1.29, 1.82) is 0 Å². The molecule has 0 bridgehead atoms. The molecular formula is C14H24N2O5. The number of nitrogens with zero attached hydrogens (tertiary/aromatic N) is 1. The van der Waals surface area contributed by atoms with E-state index in [1.165, 1.54) is 4.90 Å². The summed E-state index contributed by atoms with van der Waals surface area (Å²) >= 11 is 0. The number of amides is 2. The van der Waals surface area contributed by atoms with Gasteiger partial charge in [0.05, 0.1) is 6.61 Å². The van der Waals surface area contributed by atoms with Gasteiger partial charge in [-0.1, -0.05) is 13.8 Å². The maximum absolute atomic E-state index is 12.2. The summed E-state index contributed by atoms with van der Waals surface area (Å²) in [7, 11) is 0. The van der Waals surface area contributed by atoms with Gasteiger partial charge < -0.3 is 20.1 Å². The first kappa shape index (κ1) is 17.3. The predicted octanol–water partition coefficient (Wildman–Crippen LogP) is 1.22. The molecule has 0 aromatic heterocycles. The molecule has 1 aliphatic heterocycles. The summed E-state index contributed by atoms with van der Waals surface area (Å²) in [4.78, 5) is 36.5. The lowest BCUT2D eigenvalue weighted by Crippen LogP contribution is -2.51. The van der Waals surface area contributed by atoms with E-state index in [0.717, 1.165) is 0 Å². The molecular weight excluding hydrogens is 276 g/mol. The van der Waals surface area contributed by atoms with Crippen LogP contribution in [0.3, 0.4) is 0 Å². The zero-order valence-corrected chi connectivity index (χ0v) is 12.8. The highest BCUT2D eigenvalue weighted by Gasteiger charge is 2.36. The van der Waals surface area contributed by atoms with Gasteiger partial charge in [-0.25, -0.2) is 14.4 Å². The second-order valence-corrected chi connectivity index (χ2v) is 5.57. The Balaban J connectivity index is 2.67. The molecule has 1 fully saturated rings. The molecule has 7 nitrogen and oxygen atoms in total. The molecule has 2 N–H and O–H groups in total. The second kappa shape index (κ2) is 7.85. The van der Waals surface area contributed by atoms with Crippen molar-refractivity contribution in [2.45, 2.75) is 52.1 Å². The van der Waals surface area contributed by atoms with Crippen molar-refractivity contribution in [3.8, 4) is 0 Å². The molecule has 2 atom stereocenters. The van der Waals surface area contributed by atoms with Crippen LogP contribution in [-0.2, 0) is 14.3 Å². The summed E-state index contributed by atoms with van der Waals surface area (Å²) in [6.45, 7) is 6.18. The van der Waals surface area contributed by atoms with Crippen LogP contribution in [-0.4, -0.2) is 53.2 Å². The van der Waals surface area contributed by atoms with Gasteiger partial charge in [-0.15, -0.1) is 0 Å². The van der Waals surface area contributed by atoms with E-state index in [9.17, 15) is 14.4 Å². The van der Waals surface area contributed by atoms with Gasteiger partial charge in [0, 0.05) is 6.54 Å². The van der Waals surface area contributed by atoms with Crippen LogP contribution < -0.4 is 5.32 Å². The number of esters is 1. The average Bonchev–Trinajstić information content (AvgIpc) is 2.86. The molecule has 2 amide bonds. The number of carboxylic acids is 1. The molecule has 0 saturated carbocycles. The van der Waals surface area contributed by atoms with E-state index in [-0.39, 0.29) is 12.5 Å². The van der Waals surface area contributed by atoms with Gasteiger partial charge in [0.15, 0.2) is 0 Å². The Morgan fingerprint density at radius 3 is 2.57 bits per heavy atom. The monoisotopic (exact) mass is 300 g/mol. The van der Waals surface area contributed by atoms with Crippen LogP contribution in [0.4, 0.5) is 4.79 Å². The van der Waals surface area contributed by atoms with Gasteiger partial charge in [0.1, 0.15) is 12.1 Å². The minimum absolute atomic E-state index is 0.144. The number of hydrogen-bond donors (Lipinski definition) is 2. The number of carbonyl (C=O) groups excluding carboxylic acids is 2. The van der Waals surface area contributed by atoms with E-state index in [1.807, 2.05) is 13.8 Å². The van der Waals surface area contributed by atoms with Crippen LogP contribution in [0.15, 0.2) is 0 Å². The van der Waals surface area contributed by atoms with Crippen molar-refractivity contribution < 1.29 is 24.2 Å². The van der Waals surface area contributed by atoms with E-state index >= 15 is 0 Å². The van der Waals surface area contributed by atoms with E-state index in [0.29, 0.717) is 25.8 Å². The van der Waals surface area contributed by atoms with Crippen LogP contribution in [0, 0.1) is 5.92 Å². The van der Waals surface area contributed by atoms with Gasteiger partial charge in [0.2, 0.25) is 0 Å². The summed E-state index contributed by atoms with van der Waals surface area (Å²) in [5.74, 6) is -1.35. The molecule has 7 heteroatoms. The number of carbonyl (C=O) groups is 3. The Bertz CT molecular complexity index is 397. The molecule has 120 valence electrons. The Hall–Kier alpha value is -1.79. The number of urea groups is 1. The maximum Gasteiger partial charge on any atom is 0.328 e. The number of rotatable bonds is 6. The van der Waals surface area contributed by atoms with Crippen molar-refractivity contribution in [2.75, 3.05) is 13.2 Å². The van der Waals surface area contributed by atoms with Crippen molar-refractivity contribution >= 4 is 18.0 Å². The molecule has 21 heavy (non-hydrogen) atoms. The van der Waals surface area contributed by atoms with Gasteiger partial charge in [0.25, 0.3) is 0 Å². The number of ether oxygens (including phenoxy) is 1. The Morgan fingerprint density at radius 1 is 1.38 bits per heavy atom. The molecule has 0 aliphatic carbocycles. The van der Waals surface area contributed by atoms with Crippen molar-refractivity contribution in [1.82, 2.24) is 10.2 Å². The Morgan fingerprint density at radius 2 is 2.05 bits per heavy atom. The fraction of sp³-hybridized carbons (Fsp3) is 0.786. The lowest BCUT2D eigenvalue weighted by Gasteiger charge is -2.26. The SMILES string of the molecule is CCOC(=O)C1CCCN1C(=O)N[C@@H](CC(C)C)C(=O)O. The topological polar surface area (TPSA) is 95.9 Å². The van der Waals surface area contributed by atoms with Crippen LogP contribution >= 0.6 is 0 Å². The summed E-state index contributed by atoms with van der Waals surface area (Å²) < 4.78 is 4.95. The van der Waals surface area contributed by atoms with Crippen molar-refractivity contribution in [3.63, 3.8) is 0 Å². The summed E-state index contributed by atoms with van der Waals surface area (Å²) in [5, 5.41) is 11.6. The zero-order valence-electron chi connectivity index (χ0n) is 12.8. The zero-order chi connectivity index (χ0) is 16.0. The van der Waals surface area contributed by atoms with E-state index in [1.54, 1.807) is 6.92 Å². The third kappa shape index (κ3) is 4.91. The van der Waals surface area contributed by atoms with Crippen LogP contribution in [0.5, 0.6) is 0 Å². The molecule has 1 aliphatic rings. The molecule has 0 aromatic carbocycles. The minimum atomic E-state index is -1.07. The maximum atomic E-state index is 12.2. The van der Waals surface area contributed by atoms with Gasteiger partial charge in [-0.2, -0.15) is 0 Å². The highest BCUT2D eigenvalue weighted by molar-refractivity contribution is 5.87. The largest absolute Gasteiger partial charge is 0.480 e. The quantitative estimate of drug-likeness (QED) is 0.719. The average molecular weight is 300 g/mol. The van der Waals surface area contributed by atoms with Gasteiger partial charge >= 0.3 is 18.0 Å². The number of hydrogen-bond acceptors (Lipinski definition) is 4. The molecule has 0 spiro atoms. The highest BCUT2D eigenvalue weighted by Crippen LogP contribution is 2.19. The first-order valence-corrected chi connectivity index (χ1v) is 7.33. The number of carboxylic acid groups (broad SMARTS) is 1. The van der Waals surface area contributed by atoms with Crippen molar-refractivity contribution in [2.24, 2.45) is 5.92 Å². The Labute approximate surface area is 124 Å². The molecule has 0 aromatic rings. The first-order chi connectivity index (χ1) is 9.86. The molecule has 1 rings (SSSR count). The standard InChI is InChI=1S/C14H24N2O5/c1-4-21-13(19)11-6-5-7-16(11)14(20)15-10(12(17)18)8-9(2)3/h9-11H,4-8H2,1-3H3,(H,15,20)(H,17,18)/t10-,11?/m0/s1. The fourth-order valence-electron chi connectivity index (χ4n) is 2.42. The normalized spacial score (nSPS) is 19.4. The van der Waals surface area contributed by atoms with E-state index in [2.05, 4.69) is 5.32 Å². The summed E-state index contributed by atoms with van der Waals surface area (Å²) in [6.07, 6.45) is 1.60. The fourth-order valence-corrected chi connectivity index (χ4v) is 2.42. The summed E-state index contributed by atoms with van der Waals surface area (Å²) in [6, 6.07) is -2.07. The van der Waals surface area contributed by atoms with Crippen molar-refractivity contribution in [3.05, 3.63) is 0 Å². The molecule has 1 saturated heterocycles. The third-order valence-corrected chi connectivity index (χ3v) is 3.38. The summed E-state index contributed by atoms with van der Waals surface area (Å²) in [5.41, 5.74) is 0. The number of nitrogens with one attached hydrogen (secondary N) is 1. The minimum Gasteiger partial charge on any atom is -0.480 e. The number of aliphatic carboxylic acids is 1. The predicted molar refractivity (Wildman–Crippen MR) is 75.8 cm³/mol.